The van der Waals surface area contributed by atoms with Gasteiger partial charge >= 0.3 is 12.1 Å². The van der Waals surface area contributed by atoms with Crippen molar-refractivity contribution in [3.63, 3.8) is 0 Å². The second kappa shape index (κ2) is 5.15. The van der Waals surface area contributed by atoms with Crippen LogP contribution in [-0.4, -0.2) is 23.2 Å². The quantitative estimate of drug-likeness (QED) is 0.906. The highest BCUT2D eigenvalue weighted by atomic mass is 19.4. The third-order valence-electron chi connectivity index (χ3n) is 4.80. The maximum atomic E-state index is 13.2. The lowest BCUT2D eigenvalue weighted by Crippen LogP contribution is -2.46. The molecule has 0 aromatic heterocycles. The lowest BCUT2D eigenvalue weighted by molar-refractivity contribution is -0.139. The van der Waals surface area contributed by atoms with Crippen LogP contribution in [0, 0.1) is 24.2 Å². The van der Waals surface area contributed by atoms with Gasteiger partial charge in [-0.2, -0.15) is 18.4 Å². The second-order valence-corrected chi connectivity index (χ2v) is 6.23. The van der Waals surface area contributed by atoms with E-state index in [1.807, 2.05) is 0 Å². The first-order chi connectivity index (χ1) is 10.7. The monoisotopic (exact) mass is 324 g/mol. The SMILES string of the molecule is Cc1cc(N2[C@@H]3CC[C@@H](C3)[C@H]2C(=O)O)c(C#N)c(C(F)(F)F)c1. The van der Waals surface area contributed by atoms with Gasteiger partial charge in [-0.3, -0.25) is 0 Å². The van der Waals surface area contributed by atoms with E-state index < -0.39 is 29.3 Å². The van der Waals surface area contributed by atoms with Crippen molar-refractivity contribution in [3.05, 3.63) is 28.8 Å². The number of fused-ring (bicyclic) bond motifs is 2. The number of alkyl halides is 3. The van der Waals surface area contributed by atoms with Gasteiger partial charge in [0.2, 0.25) is 0 Å². The number of carboxylic acid groups (broad SMARTS) is 1. The molecule has 0 amide bonds. The lowest BCUT2D eigenvalue weighted by atomic mass is 9.95. The summed E-state index contributed by atoms with van der Waals surface area (Å²) in [7, 11) is 0. The van der Waals surface area contributed by atoms with Crippen LogP contribution in [0.4, 0.5) is 18.9 Å². The van der Waals surface area contributed by atoms with E-state index in [1.165, 1.54) is 17.9 Å². The van der Waals surface area contributed by atoms with E-state index in [9.17, 15) is 28.3 Å². The number of hydrogen-bond acceptors (Lipinski definition) is 3. The van der Waals surface area contributed by atoms with Gasteiger partial charge < -0.3 is 10.0 Å². The number of nitrogens with zero attached hydrogens (tertiary/aromatic N) is 2. The second-order valence-electron chi connectivity index (χ2n) is 6.23. The fourth-order valence-corrected chi connectivity index (χ4v) is 3.96. The Morgan fingerprint density at radius 3 is 2.65 bits per heavy atom. The Morgan fingerprint density at radius 1 is 1.39 bits per heavy atom. The molecule has 0 unspecified atom stereocenters. The number of nitriles is 1. The molecule has 1 saturated carbocycles. The van der Waals surface area contributed by atoms with Gasteiger partial charge in [0.25, 0.3) is 0 Å². The number of aryl methyl sites for hydroxylation is 1. The molecule has 2 bridgehead atoms. The van der Waals surface area contributed by atoms with Gasteiger partial charge in [-0.1, -0.05) is 0 Å². The van der Waals surface area contributed by atoms with Crippen LogP contribution in [0.15, 0.2) is 12.1 Å². The molecule has 1 saturated heterocycles. The van der Waals surface area contributed by atoms with Crippen LogP contribution in [0.2, 0.25) is 0 Å². The summed E-state index contributed by atoms with van der Waals surface area (Å²) in [5, 5.41) is 18.8. The third-order valence-corrected chi connectivity index (χ3v) is 4.80. The number of carbonyl (C=O) groups is 1. The van der Waals surface area contributed by atoms with Crippen molar-refractivity contribution in [1.29, 1.82) is 5.26 Å². The largest absolute Gasteiger partial charge is 0.480 e. The summed E-state index contributed by atoms with van der Waals surface area (Å²) < 4.78 is 39.7. The Labute approximate surface area is 131 Å². The van der Waals surface area contributed by atoms with E-state index in [2.05, 4.69) is 0 Å². The van der Waals surface area contributed by atoms with Crippen LogP contribution in [0.5, 0.6) is 0 Å². The smallest absolute Gasteiger partial charge is 0.417 e. The molecule has 3 atom stereocenters. The Kier molecular flexibility index (Phi) is 3.51. The number of rotatable bonds is 2. The number of hydrogen-bond donors (Lipinski definition) is 1. The molecular formula is C16H15F3N2O2. The van der Waals surface area contributed by atoms with Gasteiger partial charge in [0.1, 0.15) is 12.1 Å². The minimum absolute atomic E-state index is 0.0705. The molecule has 7 heteroatoms. The zero-order chi connectivity index (χ0) is 16.9. The minimum atomic E-state index is -4.65. The highest BCUT2D eigenvalue weighted by molar-refractivity contribution is 5.82. The van der Waals surface area contributed by atoms with Crippen molar-refractivity contribution in [2.75, 3.05) is 4.90 Å². The summed E-state index contributed by atoms with van der Waals surface area (Å²) in [5.41, 5.74) is -1.03. The zero-order valence-corrected chi connectivity index (χ0v) is 12.4. The van der Waals surface area contributed by atoms with Crippen LogP contribution in [0.1, 0.15) is 36.0 Å². The normalized spacial score (nSPS) is 26.4. The standard InChI is InChI=1S/C16H15F3N2O2/c1-8-4-12(16(17,18)19)11(7-20)13(5-8)21-10-3-2-9(6-10)14(21)15(22)23/h4-5,9-10,14H,2-3,6H2,1H3,(H,22,23)/t9-,10+,14-/m0/s1. The lowest BCUT2D eigenvalue weighted by Gasteiger charge is -2.35. The predicted molar refractivity (Wildman–Crippen MR) is 75.9 cm³/mol. The maximum Gasteiger partial charge on any atom is 0.417 e. The molecule has 1 N–H and O–H groups in total. The van der Waals surface area contributed by atoms with Gasteiger partial charge in [0.05, 0.1) is 16.8 Å². The van der Waals surface area contributed by atoms with Crippen molar-refractivity contribution in [2.45, 2.75) is 44.4 Å². The molecule has 0 radical (unpaired) electrons. The number of halogens is 3. The first kappa shape index (κ1) is 15.7. The number of benzene rings is 1. The summed E-state index contributed by atoms with van der Waals surface area (Å²) in [6.45, 7) is 1.52. The molecular weight excluding hydrogens is 309 g/mol. The molecule has 3 rings (SSSR count). The molecule has 1 aliphatic carbocycles. The van der Waals surface area contributed by atoms with E-state index in [0.717, 1.165) is 18.9 Å². The minimum Gasteiger partial charge on any atom is -0.480 e. The molecule has 1 aromatic carbocycles. The van der Waals surface area contributed by atoms with Crippen LogP contribution < -0.4 is 4.90 Å². The Morgan fingerprint density at radius 2 is 2.09 bits per heavy atom. The molecule has 1 heterocycles. The fraction of sp³-hybridized carbons (Fsp3) is 0.500. The summed E-state index contributed by atoms with van der Waals surface area (Å²) in [5.74, 6) is -1.12. The van der Waals surface area contributed by atoms with E-state index in [4.69, 9.17) is 0 Å². The maximum absolute atomic E-state index is 13.2. The van der Waals surface area contributed by atoms with Gasteiger partial charge in [-0.25, -0.2) is 4.79 Å². The number of piperidine rings is 1. The summed E-state index contributed by atoms with van der Waals surface area (Å²) in [6.07, 6.45) is -2.49. The molecule has 23 heavy (non-hydrogen) atoms. The highest BCUT2D eigenvalue weighted by Gasteiger charge is 2.50. The van der Waals surface area contributed by atoms with Crippen LogP contribution >= 0.6 is 0 Å². The first-order valence-corrected chi connectivity index (χ1v) is 7.37. The molecule has 4 nitrogen and oxygen atoms in total. The van der Waals surface area contributed by atoms with Gasteiger partial charge in [-0.15, -0.1) is 0 Å². The third kappa shape index (κ3) is 2.42. The van der Waals surface area contributed by atoms with Crippen LogP contribution in [0.3, 0.4) is 0 Å². The Bertz CT molecular complexity index is 709. The summed E-state index contributed by atoms with van der Waals surface area (Å²) >= 11 is 0. The number of aliphatic carboxylic acids is 1. The zero-order valence-electron chi connectivity index (χ0n) is 12.4. The molecule has 1 aromatic rings. The summed E-state index contributed by atoms with van der Waals surface area (Å²) in [4.78, 5) is 13.1. The fourth-order valence-electron chi connectivity index (χ4n) is 3.96. The van der Waals surface area contributed by atoms with Crippen molar-refractivity contribution in [3.8, 4) is 6.07 Å². The number of anilines is 1. The van der Waals surface area contributed by atoms with E-state index in [1.54, 1.807) is 6.07 Å². The van der Waals surface area contributed by atoms with Crippen molar-refractivity contribution in [2.24, 2.45) is 5.92 Å². The molecule has 2 aliphatic rings. The Balaban J connectivity index is 2.18. The van der Waals surface area contributed by atoms with E-state index in [-0.39, 0.29) is 17.6 Å². The van der Waals surface area contributed by atoms with E-state index >= 15 is 0 Å². The van der Waals surface area contributed by atoms with Crippen molar-refractivity contribution >= 4 is 11.7 Å². The topological polar surface area (TPSA) is 64.3 Å². The van der Waals surface area contributed by atoms with Crippen molar-refractivity contribution < 1.29 is 23.1 Å². The van der Waals surface area contributed by atoms with E-state index in [0.29, 0.717) is 12.0 Å². The van der Waals surface area contributed by atoms with Crippen LogP contribution in [0.25, 0.3) is 0 Å². The van der Waals surface area contributed by atoms with Gasteiger partial charge in [-0.05, 0) is 49.8 Å². The number of carboxylic acids is 1. The molecule has 0 spiro atoms. The average Bonchev–Trinajstić information content (AvgIpc) is 3.05. The van der Waals surface area contributed by atoms with Gasteiger partial charge in [0.15, 0.2) is 0 Å². The first-order valence-electron chi connectivity index (χ1n) is 7.37. The predicted octanol–water partition coefficient (Wildman–Crippen LogP) is 3.33. The molecule has 2 fully saturated rings. The van der Waals surface area contributed by atoms with Gasteiger partial charge in [0, 0.05) is 6.04 Å². The Hall–Kier alpha value is -2.23. The average molecular weight is 324 g/mol. The van der Waals surface area contributed by atoms with Crippen molar-refractivity contribution in [1.82, 2.24) is 0 Å². The highest BCUT2D eigenvalue weighted by Crippen LogP contribution is 2.47. The summed E-state index contributed by atoms with van der Waals surface area (Å²) in [6, 6.07) is 3.09. The molecule has 122 valence electrons. The van der Waals surface area contributed by atoms with Crippen LogP contribution in [-0.2, 0) is 11.0 Å². The molecule has 1 aliphatic heterocycles.